The summed E-state index contributed by atoms with van der Waals surface area (Å²) in [7, 11) is 0. The van der Waals surface area contributed by atoms with Crippen molar-refractivity contribution >= 4 is 11.7 Å². The van der Waals surface area contributed by atoms with Gasteiger partial charge in [0.2, 0.25) is 0 Å². The fourth-order valence-electron chi connectivity index (χ4n) is 2.21. The summed E-state index contributed by atoms with van der Waals surface area (Å²) in [6.45, 7) is 5.78. The Morgan fingerprint density at radius 3 is 2.55 bits per heavy atom. The fourth-order valence-corrected chi connectivity index (χ4v) is 2.21. The molecular weight excluding hydrogens is 250 g/mol. The first kappa shape index (κ1) is 14.1. The Kier molecular flexibility index (Phi) is 4.41. The first-order chi connectivity index (χ1) is 9.61. The monoisotopic (exact) mass is 269 g/mol. The van der Waals surface area contributed by atoms with Gasteiger partial charge in [-0.3, -0.25) is 0 Å². The van der Waals surface area contributed by atoms with Crippen molar-refractivity contribution in [3.8, 4) is 0 Å². The van der Waals surface area contributed by atoms with E-state index in [4.69, 9.17) is 5.11 Å². The number of hydrogen-bond donors (Lipinski definition) is 1. The lowest BCUT2D eigenvalue weighted by molar-refractivity contribution is 0.0697. The maximum atomic E-state index is 11.1. The smallest absolute Gasteiger partial charge is 0.335 e. The summed E-state index contributed by atoms with van der Waals surface area (Å²) in [5.74, 6) is -0.890. The maximum Gasteiger partial charge on any atom is 0.335 e. The molecule has 0 aliphatic heterocycles. The predicted octanol–water partition coefficient (Wildman–Crippen LogP) is 3.72. The van der Waals surface area contributed by atoms with Gasteiger partial charge in [-0.2, -0.15) is 0 Å². The van der Waals surface area contributed by atoms with Crippen LogP contribution in [-0.2, 0) is 6.54 Å². The highest BCUT2D eigenvalue weighted by atomic mass is 16.4. The Morgan fingerprint density at radius 1 is 1.15 bits per heavy atom. The molecule has 2 aromatic rings. The van der Waals surface area contributed by atoms with Crippen molar-refractivity contribution in [2.24, 2.45) is 0 Å². The van der Waals surface area contributed by atoms with Crippen LogP contribution in [0.2, 0.25) is 0 Å². The van der Waals surface area contributed by atoms with Crippen LogP contribution in [0, 0.1) is 6.92 Å². The van der Waals surface area contributed by atoms with Crippen LogP contribution in [0.4, 0.5) is 5.69 Å². The number of carboxylic acids is 1. The van der Waals surface area contributed by atoms with Crippen LogP contribution in [-0.4, -0.2) is 17.6 Å². The first-order valence-electron chi connectivity index (χ1n) is 6.74. The van der Waals surface area contributed by atoms with Crippen molar-refractivity contribution in [1.29, 1.82) is 0 Å². The number of benzene rings is 2. The van der Waals surface area contributed by atoms with Gasteiger partial charge in [-0.05, 0) is 43.2 Å². The lowest BCUT2D eigenvalue weighted by atomic mass is 10.1. The Morgan fingerprint density at radius 2 is 1.90 bits per heavy atom. The van der Waals surface area contributed by atoms with E-state index < -0.39 is 5.97 Å². The molecule has 0 atom stereocenters. The van der Waals surface area contributed by atoms with E-state index in [-0.39, 0.29) is 0 Å². The van der Waals surface area contributed by atoms with Crippen LogP contribution in [0.1, 0.15) is 28.4 Å². The normalized spacial score (nSPS) is 10.3. The molecule has 3 nitrogen and oxygen atoms in total. The van der Waals surface area contributed by atoms with E-state index >= 15 is 0 Å². The summed E-state index contributed by atoms with van der Waals surface area (Å²) < 4.78 is 0. The minimum absolute atomic E-state index is 0.325. The molecule has 2 rings (SSSR count). The summed E-state index contributed by atoms with van der Waals surface area (Å²) in [5, 5.41) is 9.08. The second-order valence-electron chi connectivity index (χ2n) is 4.80. The number of rotatable bonds is 5. The molecule has 104 valence electrons. The van der Waals surface area contributed by atoms with E-state index in [0.717, 1.165) is 18.8 Å². The van der Waals surface area contributed by atoms with Gasteiger partial charge in [-0.1, -0.05) is 30.3 Å². The van der Waals surface area contributed by atoms with Crippen LogP contribution in [0.3, 0.4) is 0 Å². The van der Waals surface area contributed by atoms with Gasteiger partial charge in [0.25, 0.3) is 0 Å². The Balaban J connectivity index is 2.26. The van der Waals surface area contributed by atoms with Gasteiger partial charge in [-0.25, -0.2) is 4.79 Å². The molecule has 20 heavy (non-hydrogen) atoms. The minimum atomic E-state index is -0.890. The molecule has 2 aromatic carbocycles. The molecule has 0 aromatic heterocycles. The average molecular weight is 269 g/mol. The molecule has 1 N–H and O–H groups in total. The topological polar surface area (TPSA) is 40.5 Å². The van der Waals surface area contributed by atoms with E-state index in [2.05, 4.69) is 30.9 Å². The summed E-state index contributed by atoms with van der Waals surface area (Å²) in [4.78, 5) is 13.2. The molecular formula is C17H19NO2. The molecule has 0 amide bonds. The zero-order chi connectivity index (χ0) is 14.5. The second-order valence-corrected chi connectivity index (χ2v) is 4.80. The third-order valence-electron chi connectivity index (χ3n) is 3.46. The highest BCUT2D eigenvalue weighted by Crippen LogP contribution is 2.20. The molecule has 0 saturated heterocycles. The highest BCUT2D eigenvalue weighted by molar-refractivity contribution is 5.88. The number of aryl methyl sites for hydroxylation is 1. The number of carbonyl (C=O) groups is 1. The van der Waals surface area contributed by atoms with Gasteiger partial charge in [0, 0.05) is 18.8 Å². The summed E-state index contributed by atoms with van der Waals surface area (Å²) in [6.07, 6.45) is 0. The van der Waals surface area contributed by atoms with Crippen LogP contribution >= 0.6 is 0 Å². The standard InChI is InChI=1S/C17H19NO2/c1-3-18(12-15-8-5-4-7-13(15)2)16-10-6-9-14(11-16)17(19)20/h4-11H,3,12H2,1-2H3,(H,19,20). The van der Waals surface area contributed by atoms with Crippen molar-refractivity contribution in [2.45, 2.75) is 20.4 Å². The molecule has 0 radical (unpaired) electrons. The van der Waals surface area contributed by atoms with E-state index in [9.17, 15) is 4.79 Å². The Hall–Kier alpha value is -2.29. The van der Waals surface area contributed by atoms with E-state index in [1.54, 1.807) is 18.2 Å². The van der Waals surface area contributed by atoms with Crippen molar-refractivity contribution in [2.75, 3.05) is 11.4 Å². The fraction of sp³-hybridized carbons (Fsp3) is 0.235. The first-order valence-corrected chi connectivity index (χ1v) is 6.74. The molecule has 0 unspecified atom stereocenters. The number of nitrogens with zero attached hydrogens (tertiary/aromatic N) is 1. The molecule has 3 heteroatoms. The van der Waals surface area contributed by atoms with Gasteiger partial charge in [0.15, 0.2) is 0 Å². The minimum Gasteiger partial charge on any atom is -0.478 e. The van der Waals surface area contributed by atoms with Crippen LogP contribution in [0.15, 0.2) is 48.5 Å². The van der Waals surface area contributed by atoms with Gasteiger partial charge >= 0.3 is 5.97 Å². The second kappa shape index (κ2) is 6.24. The zero-order valence-electron chi connectivity index (χ0n) is 11.8. The predicted molar refractivity (Wildman–Crippen MR) is 81.3 cm³/mol. The number of anilines is 1. The van der Waals surface area contributed by atoms with Crippen molar-refractivity contribution in [3.63, 3.8) is 0 Å². The maximum absolute atomic E-state index is 11.1. The molecule has 0 bridgehead atoms. The van der Waals surface area contributed by atoms with Gasteiger partial charge in [-0.15, -0.1) is 0 Å². The lowest BCUT2D eigenvalue weighted by Gasteiger charge is -2.24. The van der Waals surface area contributed by atoms with Gasteiger partial charge < -0.3 is 10.0 Å². The highest BCUT2D eigenvalue weighted by Gasteiger charge is 2.09. The van der Waals surface area contributed by atoms with Gasteiger partial charge in [0.05, 0.1) is 5.56 Å². The largest absolute Gasteiger partial charge is 0.478 e. The number of hydrogen-bond acceptors (Lipinski definition) is 2. The van der Waals surface area contributed by atoms with E-state index in [0.29, 0.717) is 5.56 Å². The summed E-state index contributed by atoms with van der Waals surface area (Å²) in [5.41, 5.74) is 3.77. The van der Waals surface area contributed by atoms with Crippen molar-refractivity contribution < 1.29 is 9.90 Å². The third kappa shape index (κ3) is 3.18. The lowest BCUT2D eigenvalue weighted by Crippen LogP contribution is -2.22. The molecule has 0 fully saturated rings. The van der Waals surface area contributed by atoms with E-state index in [1.807, 2.05) is 18.2 Å². The van der Waals surface area contributed by atoms with Crippen LogP contribution in [0.25, 0.3) is 0 Å². The number of aromatic carboxylic acids is 1. The third-order valence-corrected chi connectivity index (χ3v) is 3.46. The zero-order valence-corrected chi connectivity index (χ0v) is 11.8. The molecule has 0 aliphatic carbocycles. The quantitative estimate of drug-likeness (QED) is 0.899. The Labute approximate surface area is 119 Å². The van der Waals surface area contributed by atoms with Gasteiger partial charge in [0.1, 0.15) is 0 Å². The van der Waals surface area contributed by atoms with Crippen molar-refractivity contribution in [3.05, 3.63) is 65.2 Å². The molecule has 0 heterocycles. The van der Waals surface area contributed by atoms with Crippen LogP contribution < -0.4 is 4.90 Å². The van der Waals surface area contributed by atoms with E-state index in [1.165, 1.54) is 11.1 Å². The molecule has 0 saturated carbocycles. The summed E-state index contributed by atoms with van der Waals surface area (Å²) in [6, 6.07) is 15.4. The number of carboxylic acid groups (broad SMARTS) is 1. The molecule has 0 spiro atoms. The molecule has 0 aliphatic rings. The Bertz CT molecular complexity index is 607. The average Bonchev–Trinajstić information content (AvgIpc) is 2.46. The van der Waals surface area contributed by atoms with Crippen molar-refractivity contribution in [1.82, 2.24) is 0 Å². The SMILES string of the molecule is CCN(Cc1ccccc1C)c1cccc(C(=O)O)c1. The van der Waals surface area contributed by atoms with Crippen LogP contribution in [0.5, 0.6) is 0 Å². The summed E-state index contributed by atoms with van der Waals surface area (Å²) >= 11 is 0.